The van der Waals surface area contributed by atoms with Gasteiger partial charge in [-0.15, -0.1) is 0 Å². The molecule has 4 aromatic rings. The number of nitrogens with one attached hydrogen (secondary N) is 2. The lowest BCUT2D eigenvalue weighted by molar-refractivity contribution is -0.157. The van der Waals surface area contributed by atoms with Gasteiger partial charge in [-0.3, -0.25) is 9.13 Å². The van der Waals surface area contributed by atoms with Crippen molar-refractivity contribution in [3.05, 3.63) is 41.1 Å². The van der Waals surface area contributed by atoms with E-state index in [9.17, 15) is 23.9 Å². The molecule has 0 aliphatic heterocycles. The van der Waals surface area contributed by atoms with E-state index < -0.39 is 61.7 Å². The van der Waals surface area contributed by atoms with E-state index in [1.165, 1.54) is 16.9 Å². The number of carbonyl (C=O) groups is 2. The third kappa shape index (κ3) is 3.95. The normalized spacial score (nSPS) is 28.9. The largest absolute Gasteiger partial charge is 0.479 e. The standard InChI is InChI=1S/C25H26F2N8O5/c1-33-18-11-28-20(7-17(18)34(24(33)39)14-5-15(27)16(6-14)30-23(38)40-2)31-19-4-3-12-10-29-35(21(12)32-19)25(22(36)37)8-13(26)9-25/h3-4,7,10-11,13-16H,5-6,8-9H2,1-2H3,(H,30,38)(H,36,37)(H,28,31,32)/t13?,14-,15-,16?,25?/m1/s1/i1D3,2D3. The summed E-state index contributed by atoms with van der Waals surface area (Å²) in [4.78, 5) is 46.2. The minimum absolute atomic E-state index is 0.0703. The number of carbonyl (C=O) groups excluding carboxylic acids is 1. The maximum absolute atomic E-state index is 15.0. The van der Waals surface area contributed by atoms with Crippen LogP contribution in [0.25, 0.3) is 22.1 Å². The number of imidazole rings is 1. The van der Waals surface area contributed by atoms with Crippen LogP contribution in [0.3, 0.4) is 0 Å². The van der Waals surface area contributed by atoms with Crippen LogP contribution in [0.5, 0.6) is 0 Å². The van der Waals surface area contributed by atoms with Crippen LogP contribution < -0.4 is 16.3 Å². The number of carboxylic acids is 1. The van der Waals surface area contributed by atoms with Crippen LogP contribution in [0.15, 0.2) is 35.4 Å². The van der Waals surface area contributed by atoms with E-state index in [2.05, 4.69) is 30.4 Å². The molecule has 0 radical (unpaired) electrons. The highest BCUT2D eigenvalue weighted by Crippen LogP contribution is 2.43. The lowest BCUT2D eigenvalue weighted by Gasteiger charge is -2.40. The van der Waals surface area contributed by atoms with Crippen molar-refractivity contribution in [3.63, 3.8) is 0 Å². The summed E-state index contributed by atoms with van der Waals surface area (Å²) in [7, 11) is -3.06. The summed E-state index contributed by atoms with van der Waals surface area (Å²) in [5.41, 5.74) is -2.42. The Hall–Kier alpha value is -4.56. The van der Waals surface area contributed by atoms with Gasteiger partial charge in [0.2, 0.25) is 0 Å². The summed E-state index contributed by atoms with van der Waals surface area (Å²) in [6, 6.07) is 2.35. The first-order valence-corrected chi connectivity index (χ1v) is 12.2. The monoisotopic (exact) mass is 562 g/mol. The second-order valence-corrected chi connectivity index (χ2v) is 9.96. The lowest BCUT2D eigenvalue weighted by atomic mass is 9.75. The molecule has 6 rings (SSSR count). The van der Waals surface area contributed by atoms with Crippen molar-refractivity contribution in [3.8, 4) is 0 Å². The zero-order valence-electron chi connectivity index (χ0n) is 26.5. The number of carboxylic acid groups (broad SMARTS) is 1. The molecule has 0 saturated heterocycles. The number of anilines is 2. The van der Waals surface area contributed by atoms with E-state index in [0.29, 0.717) is 9.95 Å². The van der Waals surface area contributed by atoms with Crippen LogP contribution in [0.4, 0.5) is 25.2 Å². The SMILES string of the molecule is [2H]C([2H])([2H])OC(=O)NC1C[C@H](n2c(=O)n(C([2H])([2H])[2H])c3cnc(Nc4ccc5cnn(C6(C(=O)O)CC(F)C6)c5n4)cc32)C[C@H]1F. The number of pyridine rings is 2. The minimum Gasteiger partial charge on any atom is -0.479 e. The van der Waals surface area contributed by atoms with Gasteiger partial charge in [0.1, 0.15) is 24.0 Å². The molecule has 0 aromatic carbocycles. The fourth-order valence-corrected chi connectivity index (χ4v) is 5.57. The summed E-state index contributed by atoms with van der Waals surface area (Å²) in [5, 5.41) is 19.6. The Morgan fingerprint density at radius 2 is 2.02 bits per heavy atom. The van der Waals surface area contributed by atoms with Gasteiger partial charge in [0.05, 0.1) is 40.6 Å². The molecule has 0 bridgehead atoms. The fourth-order valence-electron chi connectivity index (χ4n) is 5.57. The molecule has 1 amide bonds. The van der Waals surface area contributed by atoms with Gasteiger partial charge >= 0.3 is 17.8 Å². The maximum Gasteiger partial charge on any atom is 0.407 e. The lowest BCUT2D eigenvalue weighted by Crippen LogP contribution is -2.54. The van der Waals surface area contributed by atoms with Crippen LogP contribution in [0, 0.1) is 0 Å². The quantitative estimate of drug-likeness (QED) is 0.321. The molecule has 4 aromatic heterocycles. The summed E-state index contributed by atoms with van der Waals surface area (Å²) in [5.74, 6) is -0.985. The number of amides is 1. The number of hydrogen-bond donors (Lipinski definition) is 3. The molecule has 3 atom stereocenters. The molecule has 13 nitrogen and oxygen atoms in total. The second-order valence-electron chi connectivity index (χ2n) is 9.96. The molecule has 2 aliphatic rings. The number of methoxy groups -OCH3 is 1. The number of aliphatic carboxylic acids is 1. The van der Waals surface area contributed by atoms with E-state index in [-0.39, 0.29) is 54.0 Å². The Labute approximate surface area is 233 Å². The maximum atomic E-state index is 15.0. The van der Waals surface area contributed by atoms with Crippen molar-refractivity contribution < 1.29 is 36.4 Å². The van der Waals surface area contributed by atoms with Crippen molar-refractivity contribution in [2.75, 3.05) is 12.4 Å². The summed E-state index contributed by atoms with van der Waals surface area (Å²) >= 11 is 0. The number of fused-ring (bicyclic) bond motifs is 2. The average Bonchev–Trinajstić information content (AvgIpc) is 3.57. The van der Waals surface area contributed by atoms with Crippen molar-refractivity contribution in [1.82, 2.24) is 34.2 Å². The fraction of sp³-hybridized carbons (Fsp3) is 0.440. The van der Waals surface area contributed by atoms with Crippen molar-refractivity contribution in [2.45, 2.75) is 55.6 Å². The molecule has 0 spiro atoms. The second kappa shape index (κ2) is 9.27. The van der Waals surface area contributed by atoms with Gasteiger partial charge in [0.15, 0.2) is 11.2 Å². The van der Waals surface area contributed by atoms with Crippen LogP contribution in [0.1, 0.15) is 39.9 Å². The summed E-state index contributed by atoms with van der Waals surface area (Å²) < 4.78 is 80.8. The van der Waals surface area contributed by atoms with Gasteiger partial charge in [-0.05, 0) is 18.6 Å². The molecule has 15 heteroatoms. The first kappa shape index (κ1) is 19.5. The average molecular weight is 563 g/mol. The Morgan fingerprint density at radius 1 is 1.20 bits per heavy atom. The van der Waals surface area contributed by atoms with E-state index >= 15 is 4.39 Å². The molecule has 210 valence electrons. The smallest absolute Gasteiger partial charge is 0.407 e. The van der Waals surface area contributed by atoms with E-state index in [4.69, 9.17) is 8.22 Å². The van der Waals surface area contributed by atoms with Gasteiger partial charge in [0, 0.05) is 47.8 Å². The first-order valence-electron chi connectivity index (χ1n) is 15.2. The molecule has 2 saturated carbocycles. The van der Waals surface area contributed by atoms with Gasteiger partial charge in [-0.2, -0.15) is 5.10 Å². The number of alkyl halides is 2. The Balaban J connectivity index is 1.34. The van der Waals surface area contributed by atoms with Crippen LogP contribution in [-0.2, 0) is 22.0 Å². The summed E-state index contributed by atoms with van der Waals surface area (Å²) in [6.07, 6.45) is -2.87. The number of nitrogens with zero attached hydrogens (tertiary/aromatic N) is 6. The van der Waals surface area contributed by atoms with Crippen molar-refractivity contribution in [2.24, 2.45) is 6.98 Å². The highest BCUT2D eigenvalue weighted by atomic mass is 19.1. The number of hydrogen-bond acceptors (Lipinski definition) is 8. The van der Waals surface area contributed by atoms with Gasteiger partial charge in [-0.1, -0.05) is 0 Å². The predicted octanol–water partition coefficient (Wildman–Crippen LogP) is 2.53. The van der Waals surface area contributed by atoms with Crippen molar-refractivity contribution in [1.29, 1.82) is 0 Å². The molecular weight excluding hydrogens is 530 g/mol. The Morgan fingerprint density at radius 3 is 2.75 bits per heavy atom. The molecule has 2 aliphatic carbocycles. The molecule has 40 heavy (non-hydrogen) atoms. The van der Waals surface area contributed by atoms with Gasteiger partial charge in [-0.25, -0.2) is 37.8 Å². The third-order valence-electron chi connectivity index (χ3n) is 7.58. The Bertz CT molecular complexity index is 1920. The number of alkyl carbamates (subject to hydrolysis) is 1. The number of rotatable bonds is 6. The van der Waals surface area contributed by atoms with Crippen LogP contribution in [-0.4, -0.2) is 71.5 Å². The highest BCUT2D eigenvalue weighted by Gasteiger charge is 2.54. The molecule has 4 heterocycles. The van der Waals surface area contributed by atoms with E-state index in [1.807, 2.05) is 0 Å². The highest BCUT2D eigenvalue weighted by molar-refractivity contribution is 5.84. The number of halogens is 2. The van der Waals surface area contributed by atoms with Crippen LogP contribution >= 0.6 is 0 Å². The minimum atomic E-state index is -3.06. The van der Waals surface area contributed by atoms with E-state index in [0.717, 1.165) is 10.8 Å². The third-order valence-corrected chi connectivity index (χ3v) is 7.58. The number of aryl methyl sites for hydroxylation is 1. The molecule has 2 fully saturated rings. The van der Waals surface area contributed by atoms with Crippen LogP contribution in [0.2, 0.25) is 0 Å². The molecule has 3 N–H and O–H groups in total. The molecule has 1 unspecified atom stereocenters. The zero-order valence-corrected chi connectivity index (χ0v) is 20.5. The van der Waals surface area contributed by atoms with Gasteiger partial charge < -0.3 is 20.5 Å². The predicted molar refractivity (Wildman–Crippen MR) is 138 cm³/mol. The van der Waals surface area contributed by atoms with Gasteiger partial charge in [0.25, 0.3) is 0 Å². The number of ether oxygens (including phenoxy) is 1. The molecular formula is C25H26F2N8O5. The van der Waals surface area contributed by atoms with E-state index in [1.54, 1.807) is 12.1 Å². The first-order chi connectivity index (χ1) is 21.5. The topological polar surface area (TPSA) is 158 Å². The number of aromatic nitrogens is 6. The Kier molecular flexibility index (Phi) is 4.52. The summed E-state index contributed by atoms with van der Waals surface area (Å²) in [6.45, 7) is -2.93. The van der Waals surface area contributed by atoms with Crippen molar-refractivity contribution >= 4 is 45.8 Å². The zero-order chi connectivity index (χ0) is 33.3.